The lowest BCUT2D eigenvalue weighted by molar-refractivity contribution is -0.117. The minimum atomic E-state index is -0.439. The molecule has 3 rings (SSSR count). The molecule has 0 saturated heterocycles. The van der Waals surface area contributed by atoms with E-state index in [1.807, 2.05) is 17.0 Å². The quantitative estimate of drug-likeness (QED) is 0.869. The second-order valence-electron chi connectivity index (χ2n) is 5.93. The first-order valence-corrected chi connectivity index (χ1v) is 8.35. The number of halogens is 2. The molecule has 0 aliphatic carbocycles. The van der Waals surface area contributed by atoms with Gasteiger partial charge in [-0.1, -0.05) is 29.8 Å². The van der Waals surface area contributed by atoms with E-state index >= 15 is 0 Å². The number of carbonyl (C=O) groups is 1. The standard InChI is InChI=1S/C19H18ClFN2O2/c20-17-11-15(21)3-6-18(17)22-19(25)12-23-9-7-14(8-10-23)13-1-4-16(24)5-2-13/h1-7,11,24H,8-10,12H2,(H,22,25). The van der Waals surface area contributed by atoms with Crippen LogP contribution in [-0.2, 0) is 4.79 Å². The first-order chi connectivity index (χ1) is 12.0. The van der Waals surface area contributed by atoms with E-state index in [1.165, 1.54) is 23.8 Å². The van der Waals surface area contributed by atoms with Gasteiger partial charge in [-0.05, 0) is 47.9 Å². The molecule has 0 fully saturated rings. The number of aromatic hydroxyl groups is 1. The van der Waals surface area contributed by atoms with Crippen molar-refractivity contribution in [3.05, 3.63) is 64.9 Å². The second kappa shape index (κ2) is 7.68. The van der Waals surface area contributed by atoms with Gasteiger partial charge in [-0.15, -0.1) is 0 Å². The van der Waals surface area contributed by atoms with Crippen molar-refractivity contribution in [3.63, 3.8) is 0 Å². The van der Waals surface area contributed by atoms with E-state index in [4.69, 9.17) is 11.6 Å². The van der Waals surface area contributed by atoms with Crippen molar-refractivity contribution in [2.45, 2.75) is 6.42 Å². The van der Waals surface area contributed by atoms with Gasteiger partial charge in [-0.25, -0.2) is 4.39 Å². The third-order valence-corrected chi connectivity index (χ3v) is 4.42. The fourth-order valence-electron chi connectivity index (χ4n) is 2.78. The molecular formula is C19H18ClFN2O2. The number of nitrogens with zero attached hydrogens (tertiary/aromatic N) is 1. The molecule has 1 aliphatic heterocycles. The highest BCUT2D eigenvalue weighted by molar-refractivity contribution is 6.33. The van der Waals surface area contributed by atoms with Crippen LogP contribution in [0.3, 0.4) is 0 Å². The second-order valence-corrected chi connectivity index (χ2v) is 6.34. The fraction of sp³-hybridized carbons (Fsp3) is 0.211. The molecule has 0 atom stereocenters. The minimum absolute atomic E-state index is 0.182. The Kier molecular flexibility index (Phi) is 5.36. The van der Waals surface area contributed by atoms with Crippen LogP contribution in [0.4, 0.5) is 10.1 Å². The average molecular weight is 361 g/mol. The summed E-state index contributed by atoms with van der Waals surface area (Å²) in [4.78, 5) is 14.2. The molecule has 0 spiro atoms. The number of amides is 1. The number of phenolic OH excluding ortho intramolecular Hbond substituents is 1. The van der Waals surface area contributed by atoms with Gasteiger partial charge in [0.25, 0.3) is 0 Å². The summed E-state index contributed by atoms with van der Waals surface area (Å²) in [6.45, 7) is 1.67. The maximum atomic E-state index is 13.0. The van der Waals surface area contributed by atoms with Gasteiger partial charge in [0.05, 0.1) is 17.3 Å². The zero-order chi connectivity index (χ0) is 17.8. The molecule has 6 heteroatoms. The lowest BCUT2D eigenvalue weighted by atomic mass is 9.99. The van der Waals surface area contributed by atoms with Gasteiger partial charge in [-0.3, -0.25) is 9.69 Å². The number of hydrogen-bond donors (Lipinski definition) is 2. The van der Waals surface area contributed by atoms with Gasteiger partial charge < -0.3 is 10.4 Å². The van der Waals surface area contributed by atoms with Crippen LogP contribution in [0.15, 0.2) is 48.5 Å². The van der Waals surface area contributed by atoms with Gasteiger partial charge in [0.15, 0.2) is 0 Å². The van der Waals surface area contributed by atoms with E-state index in [1.54, 1.807) is 12.1 Å². The number of phenols is 1. The first-order valence-electron chi connectivity index (χ1n) is 7.97. The maximum absolute atomic E-state index is 13.0. The Bertz CT molecular complexity index is 806. The highest BCUT2D eigenvalue weighted by Gasteiger charge is 2.16. The van der Waals surface area contributed by atoms with Gasteiger partial charge in [0.1, 0.15) is 11.6 Å². The Hall–Kier alpha value is -2.37. The third-order valence-electron chi connectivity index (χ3n) is 4.10. The highest BCUT2D eigenvalue weighted by Crippen LogP contribution is 2.25. The SMILES string of the molecule is O=C(CN1CC=C(c2ccc(O)cc2)CC1)Nc1ccc(F)cc1Cl. The monoisotopic (exact) mass is 360 g/mol. The van der Waals surface area contributed by atoms with E-state index in [-0.39, 0.29) is 23.2 Å². The van der Waals surface area contributed by atoms with Crippen molar-refractivity contribution >= 4 is 28.8 Å². The molecule has 0 radical (unpaired) electrons. The lowest BCUT2D eigenvalue weighted by Gasteiger charge is -2.26. The number of anilines is 1. The molecule has 4 nitrogen and oxygen atoms in total. The molecule has 2 N–H and O–H groups in total. The van der Waals surface area contributed by atoms with Crippen LogP contribution in [0.5, 0.6) is 5.75 Å². The molecule has 130 valence electrons. The number of hydrogen-bond acceptors (Lipinski definition) is 3. The summed E-state index contributed by atoms with van der Waals surface area (Å²) in [7, 11) is 0. The van der Waals surface area contributed by atoms with Crippen molar-refractivity contribution in [3.8, 4) is 5.75 Å². The average Bonchev–Trinajstić information content (AvgIpc) is 2.59. The molecule has 2 aromatic carbocycles. The summed E-state index contributed by atoms with van der Waals surface area (Å²) >= 11 is 5.92. The van der Waals surface area contributed by atoms with Gasteiger partial charge in [-0.2, -0.15) is 0 Å². The van der Waals surface area contributed by atoms with Crippen LogP contribution >= 0.6 is 11.6 Å². The van der Waals surface area contributed by atoms with Gasteiger partial charge >= 0.3 is 0 Å². The summed E-state index contributed by atoms with van der Waals surface area (Å²) < 4.78 is 13.0. The van der Waals surface area contributed by atoms with Gasteiger partial charge in [0.2, 0.25) is 5.91 Å². The molecule has 0 aromatic heterocycles. The summed E-state index contributed by atoms with van der Waals surface area (Å²) in [6, 6.07) is 11.0. The Morgan fingerprint density at radius 1 is 1.24 bits per heavy atom. The van der Waals surface area contributed by atoms with Crippen LogP contribution in [0.1, 0.15) is 12.0 Å². The zero-order valence-electron chi connectivity index (χ0n) is 13.5. The zero-order valence-corrected chi connectivity index (χ0v) is 14.3. The Morgan fingerprint density at radius 2 is 2.00 bits per heavy atom. The van der Waals surface area contributed by atoms with Crippen LogP contribution < -0.4 is 5.32 Å². The number of rotatable bonds is 4. The van der Waals surface area contributed by atoms with Crippen LogP contribution in [0.25, 0.3) is 5.57 Å². The van der Waals surface area contributed by atoms with Crippen molar-refractivity contribution in [2.75, 3.05) is 25.0 Å². The molecule has 0 saturated carbocycles. The van der Waals surface area contributed by atoms with Gasteiger partial charge in [0, 0.05) is 13.1 Å². The smallest absolute Gasteiger partial charge is 0.238 e. The number of carbonyl (C=O) groups excluding carboxylic acids is 1. The van der Waals surface area contributed by atoms with Crippen LogP contribution in [-0.4, -0.2) is 35.5 Å². The molecule has 1 amide bonds. The first kappa shape index (κ1) is 17.5. The molecule has 0 bridgehead atoms. The largest absolute Gasteiger partial charge is 0.508 e. The normalized spacial score (nSPS) is 14.9. The van der Waals surface area contributed by atoms with E-state index in [0.29, 0.717) is 12.2 Å². The summed E-state index contributed by atoms with van der Waals surface area (Å²) in [5.41, 5.74) is 2.70. The topological polar surface area (TPSA) is 52.6 Å². The van der Waals surface area contributed by atoms with Crippen molar-refractivity contribution in [1.82, 2.24) is 4.90 Å². The molecular weight excluding hydrogens is 343 g/mol. The Morgan fingerprint density at radius 3 is 2.64 bits per heavy atom. The Labute approximate surface area is 150 Å². The minimum Gasteiger partial charge on any atom is -0.508 e. The van der Waals surface area contributed by atoms with E-state index < -0.39 is 5.82 Å². The van der Waals surface area contributed by atoms with E-state index in [0.717, 1.165) is 18.5 Å². The lowest BCUT2D eigenvalue weighted by Crippen LogP contribution is -2.36. The van der Waals surface area contributed by atoms with E-state index in [9.17, 15) is 14.3 Å². The highest BCUT2D eigenvalue weighted by atomic mass is 35.5. The summed E-state index contributed by atoms with van der Waals surface area (Å²) in [5, 5.41) is 12.2. The maximum Gasteiger partial charge on any atom is 0.238 e. The fourth-order valence-corrected chi connectivity index (χ4v) is 2.99. The molecule has 1 heterocycles. The molecule has 0 unspecified atom stereocenters. The summed E-state index contributed by atoms with van der Waals surface area (Å²) in [6.07, 6.45) is 2.92. The van der Waals surface area contributed by atoms with E-state index in [2.05, 4.69) is 11.4 Å². The summed E-state index contributed by atoms with van der Waals surface area (Å²) in [5.74, 6) is -0.376. The Balaban J connectivity index is 1.56. The number of benzene rings is 2. The van der Waals surface area contributed by atoms with Crippen LogP contribution in [0.2, 0.25) is 5.02 Å². The van der Waals surface area contributed by atoms with Crippen LogP contribution in [0, 0.1) is 5.82 Å². The van der Waals surface area contributed by atoms with Crippen molar-refractivity contribution in [2.24, 2.45) is 0 Å². The third kappa shape index (κ3) is 4.59. The molecule has 25 heavy (non-hydrogen) atoms. The predicted octanol–water partition coefficient (Wildman–Crippen LogP) is 3.91. The van der Waals surface area contributed by atoms with Crippen molar-refractivity contribution in [1.29, 1.82) is 0 Å². The number of nitrogens with one attached hydrogen (secondary N) is 1. The molecule has 2 aromatic rings. The molecule has 1 aliphatic rings. The van der Waals surface area contributed by atoms with Crippen molar-refractivity contribution < 1.29 is 14.3 Å². The predicted molar refractivity (Wildman–Crippen MR) is 97.2 cm³/mol.